The zero-order chi connectivity index (χ0) is 13.8. The van der Waals surface area contributed by atoms with Gasteiger partial charge in [-0.1, -0.05) is 12.1 Å². The monoisotopic (exact) mass is 272 g/mol. The van der Waals surface area contributed by atoms with E-state index in [4.69, 9.17) is 14.7 Å². The molecule has 2 atom stereocenters. The Bertz CT molecular complexity index is 468. The third kappa shape index (κ3) is 3.30. The van der Waals surface area contributed by atoms with E-state index in [1.54, 1.807) is 0 Å². The van der Waals surface area contributed by atoms with Crippen molar-refractivity contribution >= 4 is 0 Å². The number of likely N-dealkylation sites (tertiary alicyclic amines) is 1. The lowest BCUT2D eigenvalue weighted by Crippen LogP contribution is -2.44. The summed E-state index contributed by atoms with van der Waals surface area (Å²) in [6, 6.07) is 9.93. The molecule has 2 bridgehead atoms. The van der Waals surface area contributed by atoms with Gasteiger partial charge in [0.25, 0.3) is 0 Å². The van der Waals surface area contributed by atoms with Gasteiger partial charge in [-0.3, -0.25) is 4.90 Å². The lowest BCUT2D eigenvalue weighted by atomic mass is 10.2. The van der Waals surface area contributed by atoms with Crippen molar-refractivity contribution in [2.24, 2.45) is 0 Å². The lowest BCUT2D eigenvalue weighted by molar-refractivity contribution is -0.0408. The quantitative estimate of drug-likeness (QED) is 0.822. The molecule has 4 heteroatoms. The highest BCUT2D eigenvalue weighted by Crippen LogP contribution is 2.25. The van der Waals surface area contributed by atoms with Crippen LogP contribution in [0.25, 0.3) is 0 Å². The molecule has 0 radical (unpaired) electrons. The molecule has 3 rings (SSSR count). The van der Waals surface area contributed by atoms with Crippen molar-refractivity contribution < 1.29 is 9.47 Å². The maximum Gasteiger partial charge on any atom is 0.119 e. The Labute approximate surface area is 119 Å². The topological polar surface area (TPSA) is 45.5 Å². The van der Waals surface area contributed by atoms with Crippen LogP contribution < -0.4 is 4.74 Å². The molecule has 0 N–H and O–H groups in total. The van der Waals surface area contributed by atoms with E-state index in [-0.39, 0.29) is 0 Å². The highest BCUT2D eigenvalue weighted by atomic mass is 16.5. The number of nitrogens with zero attached hydrogens (tertiary/aromatic N) is 2. The Morgan fingerprint density at radius 2 is 1.90 bits per heavy atom. The first kappa shape index (κ1) is 13.4. The van der Waals surface area contributed by atoms with Gasteiger partial charge in [0.05, 0.1) is 24.7 Å². The fourth-order valence-electron chi connectivity index (χ4n) is 2.97. The Hall–Kier alpha value is -1.57. The van der Waals surface area contributed by atoms with E-state index in [1.165, 1.54) is 12.8 Å². The van der Waals surface area contributed by atoms with E-state index in [0.29, 0.717) is 25.2 Å². The lowest BCUT2D eigenvalue weighted by Gasteiger charge is -2.31. The number of benzene rings is 1. The summed E-state index contributed by atoms with van der Waals surface area (Å²) in [5, 5.41) is 8.63. The number of rotatable bonds is 5. The predicted octanol–water partition coefficient (Wildman–Crippen LogP) is 1.99. The maximum atomic E-state index is 8.63. The van der Waals surface area contributed by atoms with Crippen LogP contribution in [0.2, 0.25) is 0 Å². The summed E-state index contributed by atoms with van der Waals surface area (Å²) in [4.78, 5) is 2.44. The SMILES string of the molecule is N#CCc1ccc(OCCN2CC3CCC(C2)O3)cc1. The normalized spacial score (nSPS) is 25.4. The number of ether oxygens (including phenoxy) is 2. The van der Waals surface area contributed by atoms with Gasteiger partial charge < -0.3 is 9.47 Å². The van der Waals surface area contributed by atoms with Crippen LogP contribution in [-0.2, 0) is 11.2 Å². The molecular weight excluding hydrogens is 252 g/mol. The molecule has 106 valence electrons. The molecule has 2 saturated heterocycles. The predicted molar refractivity (Wildman–Crippen MR) is 75.6 cm³/mol. The van der Waals surface area contributed by atoms with Gasteiger partial charge in [-0.05, 0) is 30.5 Å². The molecule has 0 amide bonds. The molecule has 2 fully saturated rings. The van der Waals surface area contributed by atoms with Crippen LogP contribution in [0.15, 0.2) is 24.3 Å². The first-order valence-electron chi connectivity index (χ1n) is 7.30. The van der Waals surface area contributed by atoms with E-state index in [9.17, 15) is 0 Å². The van der Waals surface area contributed by atoms with Crippen molar-refractivity contribution in [2.75, 3.05) is 26.2 Å². The molecule has 0 spiro atoms. The van der Waals surface area contributed by atoms with Gasteiger partial charge >= 0.3 is 0 Å². The Morgan fingerprint density at radius 1 is 1.20 bits per heavy atom. The maximum absolute atomic E-state index is 8.63. The molecule has 4 nitrogen and oxygen atoms in total. The van der Waals surface area contributed by atoms with Crippen LogP contribution in [-0.4, -0.2) is 43.3 Å². The molecule has 0 saturated carbocycles. The summed E-state index contributed by atoms with van der Waals surface area (Å²) in [6.45, 7) is 3.75. The Kier molecular flexibility index (Phi) is 4.19. The van der Waals surface area contributed by atoms with E-state index in [2.05, 4.69) is 11.0 Å². The summed E-state index contributed by atoms with van der Waals surface area (Å²) in [5.74, 6) is 0.878. The van der Waals surface area contributed by atoms with Gasteiger partial charge in [0.2, 0.25) is 0 Å². The largest absolute Gasteiger partial charge is 0.492 e. The van der Waals surface area contributed by atoms with Crippen molar-refractivity contribution in [2.45, 2.75) is 31.5 Å². The van der Waals surface area contributed by atoms with Gasteiger partial charge in [0.1, 0.15) is 12.4 Å². The highest BCUT2D eigenvalue weighted by Gasteiger charge is 2.33. The summed E-state index contributed by atoms with van der Waals surface area (Å²) >= 11 is 0. The standard InChI is InChI=1S/C16H20N2O2/c17-8-7-13-1-3-14(4-2-13)19-10-9-18-11-15-5-6-16(12-18)20-15/h1-4,15-16H,5-7,9-12H2. The molecular formula is C16H20N2O2. The van der Waals surface area contributed by atoms with Crippen LogP contribution >= 0.6 is 0 Å². The van der Waals surface area contributed by atoms with Gasteiger partial charge in [0, 0.05) is 19.6 Å². The molecule has 2 heterocycles. The Balaban J connectivity index is 1.42. The smallest absolute Gasteiger partial charge is 0.119 e. The van der Waals surface area contributed by atoms with Crippen LogP contribution in [0.4, 0.5) is 0 Å². The molecule has 2 unspecified atom stereocenters. The second kappa shape index (κ2) is 6.25. The molecule has 20 heavy (non-hydrogen) atoms. The van der Waals surface area contributed by atoms with Crippen molar-refractivity contribution in [3.8, 4) is 11.8 Å². The molecule has 1 aromatic carbocycles. The Morgan fingerprint density at radius 3 is 2.55 bits per heavy atom. The number of fused-ring (bicyclic) bond motifs is 2. The fraction of sp³-hybridized carbons (Fsp3) is 0.562. The second-order valence-electron chi connectivity index (χ2n) is 5.54. The fourth-order valence-corrected chi connectivity index (χ4v) is 2.97. The van der Waals surface area contributed by atoms with Crippen LogP contribution in [0.1, 0.15) is 18.4 Å². The molecule has 2 aliphatic heterocycles. The van der Waals surface area contributed by atoms with E-state index in [1.807, 2.05) is 24.3 Å². The number of hydrogen-bond acceptors (Lipinski definition) is 4. The zero-order valence-electron chi connectivity index (χ0n) is 11.6. The third-order valence-corrected chi connectivity index (χ3v) is 4.00. The van der Waals surface area contributed by atoms with Gasteiger partial charge in [-0.15, -0.1) is 0 Å². The average Bonchev–Trinajstić information content (AvgIpc) is 2.80. The van der Waals surface area contributed by atoms with Crippen molar-refractivity contribution in [3.63, 3.8) is 0 Å². The molecule has 2 aliphatic rings. The summed E-state index contributed by atoms with van der Waals surface area (Å²) in [5.41, 5.74) is 1.03. The van der Waals surface area contributed by atoms with Gasteiger partial charge in [0.15, 0.2) is 0 Å². The second-order valence-corrected chi connectivity index (χ2v) is 5.54. The average molecular weight is 272 g/mol. The van der Waals surface area contributed by atoms with Crippen LogP contribution in [0.3, 0.4) is 0 Å². The van der Waals surface area contributed by atoms with Gasteiger partial charge in [-0.25, -0.2) is 0 Å². The number of morpholine rings is 1. The van der Waals surface area contributed by atoms with Gasteiger partial charge in [-0.2, -0.15) is 5.26 Å². The highest BCUT2D eigenvalue weighted by molar-refractivity contribution is 5.28. The minimum absolute atomic E-state index is 0.444. The van der Waals surface area contributed by atoms with E-state index >= 15 is 0 Å². The summed E-state index contributed by atoms with van der Waals surface area (Å²) in [6.07, 6.45) is 3.76. The number of nitriles is 1. The first-order valence-corrected chi connectivity index (χ1v) is 7.30. The zero-order valence-corrected chi connectivity index (χ0v) is 11.6. The summed E-state index contributed by atoms with van der Waals surface area (Å²) < 4.78 is 11.6. The molecule has 0 aromatic heterocycles. The molecule has 1 aromatic rings. The molecule has 0 aliphatic carbocycles. The summed E-state index contributed by atoms with van der Waals surface area (Å²) in [7, 11) is 0. The van der Waals surface area contributed by atoms with Crippen LogP contribution in [0.5, 0.6) is 5.75 Å². The van der Waals surface area contributed by atoms with E-state index in [0.717, 1.165) is 30.9 Å². The van der Waals surface area contributed by atoms with Crippen molar-refractivity contribution in [3.05, 3.63) is 29.8 Å². The number of hydrogen-bond donors (Lipinski definition) is 0. The van der Waals surface area contributed by atoms with Crippen molar-refractivity contribution in [1.29, 1.82) is 5.26 Å². The van der Waals surface area contributed by atoms with E-state index < -0.39 is 0 Å². The minimum Gasteiger partial charge on any atom is -0.492 e. The minimum atomic E-state index is 0.444. The third-order valence-electron chi connectivity index (χ3n) is 4.00. The van der Waals surface area contributed by atoms with Crippen molar-refractivity contribution in [1.82, 2.24) is 4.90 Å². The van der Waals surface area contributed by atoms with Crippen LogP contribution in [0, 0.1) is 11.3 Å². The first-order chi connectivity index (χ1) is 9.83.